The van der Waals surface area contributed by atoms with Crippen molar-refractivity contribution in [3.63, 3.8) is 0 Å². The van der Waals surface area contributed by atoms with E-state index in [0.29, 0.717) is 31.1 Å². The number of halogens is 3. The molecule has 2 atom stereocenters. The Morgan fingerprint density at radius 2 is 2.11 bits per heavy atom. The highest BCUT2D eigenvalue weighted by atomic mass is 32.1. The number of nitrogens with zero attached hydrogens (tertiary/aromatic N) is 4. The summed E-state index contributed by atoms with van der Waals surface area (Å²) in [6, 6.07) is 6.63. The Balaban J connectivity index is 1.53. The van der Waals surface area contributed by atoms with Gasteiger partial charge in [0.1, 0.15) is 17.4 Å². The Labute approximate surface area is 210 Å². The van der Waals surface area contributed by atoms with E-state index in [2.05, 4.69) is 25.4 Å². The molecule has 1 aliphatic rings. The number of alkyl halides is 3. The molecule has 0 saturated carbocycles. The van der Waals surface area contributed by atoms with Crippen LogP contribution in [0.2, 0.25) is 0 Å². The second-order valence-corrected chi connectivity index (χ2v) is 9.81. The molecule has 8 nitrogen and oxygen atoms in total. The van der Waals surface area contributed by atoms with Gasteiger partial charge in [-0.3, -0.25) is 9.69 Å². The summed E-state index contributed by atoms with van der Waals surface area (Å²) in [7, 11) is 2.01. The SMILES string of the molecule is Cc1cnc(-c2cc(OC[C@@H]3COCCN3C)cc(C(=O)N[C@H](C)c3ccc(C(F)(F)F)nn3)c2)s1. The van der Waals surface area contributed by atoms with Crippen molar-refractivity contribution in [2.45, 2.75) is 32.1 Å². The van der Waals surface area contributed by atoms with Crippen LogP contribution in [0.15, 0.2) is 36.5 Å². The lowest BCUT2D eigenvalue weighted by Gasteiger charge is -2.32. The number of thiazole rings is 1. The third kappa shape index (κ3) is 6.37. The molecular weight excluding hydrogens is 495 g/mol. The van der Waals surface area contributed by atoms with Gasteiger partial charge in [-0.05, 0) is 51.2 Å². The van der Waals surface area contributed by atoms with Crippen molar-refractivity contribution >= 4 is 17.2 Å². The second kappa shape index (κ2) is 10.9. The number of rotatable bonds is 7. The molecule has 192 valence electrons. The van der Waals surface area contributed by atoms with Crippen LogP contribution in [-0.4, -0.2) is 65.4 Å². The molecule has 1 N–H and O–H groups in total. The summed E-state index contributed by atoms with van der Waals surface area (Å²) in [5.41, 5.74) is 0.174. The maximum absolute atomic E-state index is 13.1. The first kappa shape index (κ1) is 26.0. The van der Waals surface area contributed by atoms with Crippen LogP contribution in [0.25, 0.3) is 10.6 Å². The van der Waals surface area contributed by atoms with Crippen molar-refractivity contribution in [2.24, 2.45) is 0 Å². The van der Waals surface area contributed by atoms with E-state index >= 15 is 0 Å². The van der Waals surface area contributed by atoms with Gasteiger partial charge >= 0.3 is 6.18 Å². The summed E-state index contributed by atoms with van der Waals surface area (Å²) in [6.07, 6.45) is -2.82. The summed E-state index contributed by atoms with van der Waals surface area (Å²) in [4.78, 5) is 20.7. The lowest BCUT2D eigenvalue weighted by molar-refractivity contribution is -0.141. The number of hydrogen-bond acceptors (Lipinski definition) is 8. The summed E-state index contributed by atoms with van der Waals surface area (Å²) in [5.74, 6) is 0.0775. The van der Waals surface area contributed by atoms with Gasteiger partial charge in [-0.15, -0.1) is 16.4 Å². The van der Waals surface area contributed by atoms with Crippen LogP contribution < -0.4 is 10.1 Å². The molecule has 12 heteroatoms. The number of nitrogens with one attached hydrogen (secondary N) is 1. The van der Waals surface area contributed by atoms with E-state index in [1.807, 2.05) is 20.0 Å². The number of ether oxygens (including phenoxy) is 2. The summed E-state index contributed by atoms with van der Waals surface area (Å²) < 4.78 is 49.9. The van der Waals surface area contributed by atoms with Gasteiger partial charge in [0, 0.05) is 28.7 Å². The molecule has 1 aliphatic heterocycles. The maximum atomic E-state index is 13.1. The first-order chi connectivity index (χ1) is 17.1. The van der Waals surface area contributed by atoms with Gasteiger partial charge in [0.2, 0.25) is 0 Å². The fraction of sp³-hybridized carbons (Fsp3) is 0.417. The average molecular weight is 522 g/mol. The molecule has 0 unspecified atom stereocenters. The van der Waals surface area contributed by atoms with Gasteiger partial charge in [0.15, 0.2) is 5.69 Å². The highest BCUT2D eigenvalue weighted by molar-refractivity contribution is 7.14. The summed E-state index contributed by atoms with van der Waals surface area (Å²) >= 11 is 1.49. The van der Waals surface area contributed by atoms with E-state index in [0.717, 1.165) is 28.1 Å². The molecule has 1 aromatic carbocycles. The molecule has 1 amide bonds. The smallest absolute Gasteiger partial charge is 0.435 e. The number of amides is 1. The number of hydrogen-bond donors (Lipinski definition) is 1. The third-order valence-electron chi connectivity index (χ3n) is 5.77. The zero-order valence-electron chi connectivity index (χ0n) is 20.0. The van der Waals surface area contributed by atoms with Crippen LogP contribution in [0.5, 0.6) is 5.75 Å². The second-order valence-electron chi connectivity index (χ2n) is 8.58. The fourth-order valence-corrected chi connectivity index (χ4v) is 4.36. The minimum atomic E-state index is -4.58. The monoisotopic (exact) mass is 521 g/mol. The number of likely N-dealkylation sites (N-methyl/N-ethyl adjacent to an activating group) is 1. The first-order valence-electron chi connectivity index (χ1n) is 11.3. The maximum Gasteiger partial charge on any atom is 0.435 e. The molecule has 3 heterocycles. The van der Waals surface area contributed by atoms with Crippen molar-refractivity contribution in [3.05, 3.63) is 58.4 Å². The van der Waals surface area contributed by atoms with E-state index < -0.39 is 23.8 Å². The zero-order chi connectivity index (χ0) is 25.9. The van der Waals surface area contributed by atoms with E-state index in [1.165, 1.54) is 17.4 Å². The Morgan fingerprint density at radius 1 is 1.31 bits per heavy atom. The molecule has 0 aliphatic carbocycles. The fourth-order valence-electron chi connectivity index (χ4n) is 3.61. The van der Waals surface area contributed by atoms with Crippen molar-refractivity contribution in [2.75, 3.05) is 33.4 Å². The Hall–Kier alpha value is -3.09. The predicted octanol–water partition coefficient (Wildman–Crippen LogP) is 4.13. The average Bonchev–Trinajstić information content (AvgIpc) is 3.29. The molecule has 1 fully saturated rings. The summed E-state index contributed by atoms with van der Waals surface area (Å²) in [6.45, 7) is 6.00. The van der Waals surface area contributed by atoms with Crippen LogP contribution in [0.4, 0.5) is 13.2 Å². The molecule has 0 radical (unpaired) electrons. The molecule has 2 aromatic heterocycles. The van der Waals surface area contributed by atoms with Crippen molar-refractivity contribution in [1.82, 2.24) is 25.4 Å². The van der Waals surface area contributed by atoms with E-state index in [9.17, 15) is 18.0 Å². The van der Waals surface area contributed by atoms with Gasteiger partial charge in [0.25, 0.3) is 5.91 Å². The molecule has 36 heavy (non-hydrogen) atoms. The van der Waals surface area contributed by atoms with Gasteiger partial charge in [0.05, 0.1) is 31.0 Å². The number of carbonyl (C=O) groups excluding carboxylic acids is 1. The highest BCUT2D eigenvalue weighted by Crippen LogP contribution is 2.30. The van der Waals surface area contributed by atoms with Crippen molar-refractivity contribution in [1.29, 1.82) is 0 Å². The van der Waals surface area contributed by atoms with Gasteiger partial charge < -0.3 is 14.8 Å². The van der Waals surface area contributed by atoms with Crippen molar-refractivity contribution in [3.8, 4) is 16.3 Å². The van der Waals surface area contributed by atoms with Crippen LogP contribution >= 0.6 is 11.3 Å². The van der Waals surface area contributed by atoms with Crippen LogP contribution in [0.3, 0.4) is 0 Å². The van der Waals surface area contributed by atoms with Gasteiger partial charge in [-0.2, -0.15) is 18.3 Å². The van der Waals surface area contributed by atoms with E-state index in [4.69, 9.17) is 9.47 Å². The first-order valence-corrected chi connectivity index (χ1v) is 12.1. The number of aromatic nitrogens is 3. The molecule has 0 bridgehead atoms. The number of carbonyl (C=O) groups is 1. The molecule has 3 aromatic rings. The Kier molecular flexibility index (Phi) is 7.86. The lowest BCUT2D eigenvalue weighted by atomic mass is 10.1. The largest absolute Gasteiger partial charge is 0.492 e. The van der Waals surface area contributed by atoms with E-state index in [1.54, 1.807) is 25.3 Å². The predicted molar refractivity (Wildman–Crippen MR) is 128 cm³/mol. The molecular formula is C24H26F3N5O3S. The third-order valence-corrected chi connectivity index (χ3v) is 6.73. The normalized spacial score (nSPS) is 17.6. The number of aryl methyl sites for hydroxylation is 1. The van der Waals surface area contributed by atoms with E-state index in [-0.39, 0.29) is 11.7 Å². The standard InChI is InChI=1S/C24H26F3N5O3S/c1-14-11-28-23(36-14)17-8-16(9-19(10-17)35-13-18-12-34-7-6-32(18)3)22(33)29-15(2)20-4-5-21(31-30-20)24(25,26)27/h4-5,8-11,15,18H,6-7,12-13H2,1-3H3,(H,29,33)/t15-,18+/m1/s1. The zero-order valence-corrected chi connectivity index (χ0v) is 20.8. The van der Waals surface area contributed by atoms with Crippen LogP contribution in [0.1, 0.15) is 39.6 Å². The molecule has 1 saturated heterocycles. The Bertz CT molecular complexity index is 1200. The van der Waals surface area contributed by atoms with Gasteiger partial charge in [-0.1, -0.05) is 0 Å². The quantitative estimate of drug-likeness (QED) is 0.500. The highest BCUT2D eigenvalue weighted by Gasteiger charge is 2.33. The molecule has 0 spiro atoms. The minimum absolute atomic E-state index is 0.0834. The van der Waals surface area contributed by atoms with Gasteiger partial charge in [-0.25, -0.2) is 4.98 Å². The molecule has 4 rings (SSSR count). The number of benzene rings is 1. The Morgan fingerprint density at radius 3 is 2.75 bits per heavy atom. The van der Waals surface area contributed by atoms with Crippen molar-refractivity contribution < 1.29 is 27.4 Å². The number of morpholine rings is 1. The summed E-state index contributed by atoms with van der Waals surface area (Å²) in [5, 5.41) is 10.4. The lowest BCUT2D eigenvalue weighted by Crippen LogP contribution is -2.46. The van der Waals surface area contributed by atoms with Crippen LogP contribution in [-0.2, 0) is 10.9 Å². The minimum Gasteiger partial charge on any atom is -0.492 e. The topological polar surface area (TPSA) is 89.5 Å². The van der Waals surface area contributed by atoms with Crippen LogP contribution in [0, 0.1) is 6.92 Å².